The van der Waals surface area contributed by atoms with Gasteiger partial charge in [-0.25, -0.2) is 9.78 Å². The van der Waals surface area contributed by atoms with E-state index in [4.69, 9.17) is 0 Å². The van der Waals surface area contributed by atoms with E-state index < -0.39 is 11.2 Å². The molecule has 8 nitrogen and oxygen atoms in total. The van der Waals surface area contributed by atoms with E-state index in [2.05, 4.69) is 15.0 Å². The van der Waals surface area contributed by atoms with Crippen molar-refractivity contribution in [2.24, 2.45) is 0 Å². The van der Waals surface area contributed by atoms with E-state index in [0.717, 1.165) is 24.8 Å². The lowest BCUT2D eigenvalue weighted by Crippen LogP contribution is -2.34. The molecule has 0 radical (unpaired) electrons. The van der Waals surface area contributed by atoms with Crippen LogP contribution in [0.5, 0.6) is 0 Å². The summed E-state index contributed by atoms with van der Waals surface area (Å²) in [6.45, 7) is 2.84. The van der Waals surface area contributed by atoms with Gasteiger partial charge in [0.1, 0.15) is 5.65 Å². The van der Waals surface area contributed by atoms with Crippen LogP contribution in [-0.2, 0) is 13.1 Å². The Balaban J connectivity index is 1.72. The van der Waals surface area contributed by atoms with Gasteiger partial charge in [0, 0.05) is 37.7 Å². The minimum Gasteiger partial charge on any atom is -0.331 e. The average Bonchev–Trinajstić information content (AvgIpc) is 3.54. The van der Waals surface area contributed by atoms with Gasteiger partial charge < -0.3 is 4.90 Å². The second kappa shape index (κ2) is 7.38. The number of pyridine rings is 2. The first-order valence-corrected chi connectivity index (χ1v) is 9.41. The summed E-state index contributed by atoms with van der Waals surface area (Å²) in [4.78, 5) is 50.0. The molecule has 0 aromatic carbocycles. The summed E-state index contributed by atoms with van der Waals surface area (Å²) in [5.74, 6) is -0.173. The number of aromatic amines is 1. The second-order valence-electron chi connectivity index (χ2n) is 7.03. The second-order valence-corrected chi connectivity index (χ2v) is 7.03. The number of hydrogen-bond donors (Lipinski definition) is 1. The summed E-state index contributed by atoms with van der Waals surface area (Å²) < 4.78 is 1.43. The molecule has 1 saturated carbocycles. The molecule has 28 heavy (non-hydrogen) atoms. The van der Waals surface area contributed by atoms with E-state index in [9.17, 15) is 14.4 Å². The number of carbonyl (C=O) groups excluding carboxylic acids is 1. The van der Waals surface area contributed by atoms with E-state index in [1.165, 1.54) is 16.8 Å². The van der Waals surface area contributed by atoms with Crippen LogP contribution in [-0.4, -0.2) is 36.4 Å². The van der Waals surface area contributed by atoms with E-state index in [1.807, 2.05) is 19.1 Å². The van der Waals surface area contributed by atoms with Crippen molar-refractivity contribution >= 4 is 16.9 Å². The van der Waals surface area contributed by atoms with Gasteiger partial charge in [0.25, 0.3) is 11.5 Å². The zero-order chi connectivity index (χ0) is 19.7. The third-order valence-electron chi connectivity index (χ3n) is 4.85. The van der Waals surface area contributed by atoms with Crippen molar-refractivity contribution < 1.29 is 4.79 Å². The molecule has 1 N–H and O–H groups in total. The van der Waals surface area contributed by atoms with Gasteiger partial charge in [-0.1, -0.05) is 13.0 Å². The molecule has 3 aromatic rings. The Morgan fingerprint density at radius 3 is 2.82 bits per heavy atom. The maximum atomic E-state index is 13.1. The van der Waals surface area contributed by atoms with Gasteiger partial charge in [-0.3, -0.25) is 24.1 Å². The number of fused-ring (bicyclic) bond motifs is 1. The molecule has 144 valence electrons. The smallest absolute Gasteiger partial charge is 0.329 e. The number of nitrogens with one attached hydrogen (secondary N) is 1. The van der Waals surface area contributed by atoms with Crippen molar-refractivity contribution in [2.75, 3.05) is 0 Å². The lowest BCUT2D eigenvalue weighted by Gasteiger charge is -2.22. The molecule has 1 fully saturated rings. The standard InChI is InChI=1S/C20H21N5O3/c1-2-8-24-17-16(18(26)23-20(24)28)9-14(11-22-17)19(27)25(15-5-6-15)12-13-4-3-7-21-10-13/h3-4,7,9-11,15H,2,5-6,8,12H2,1H3,(H,23,26,28). The Morgan fingerprint density at radius 1 is 1.32 bits per heavy atom. The van der Waals surface area contributed by atoms with Gasteiger partial charge in [0.2, 0.25) is 0 Å². The van der Waals surface area contributed by atoms with Gasteiger partial charge in [-0.05, 0) is 37.0 Å². The topological polar surface area (TPSA) is 101 Å². The maximum Gasteiger partial charge on any atom is 0.329 e. The molecule has 1 amide bonds. The lowest BCUT2D eigenvalue weighted by molar-refractivity contribution is 0.0729. The predicted molar refractivity (Wildman–Crippen MR) is 104 cm³/mol. The Kier molecular flexibility index (Phi) is 4.77. The molecular formula is C20H21N5O3. The van der Waals surface area contributed by atoms with E-state index >= 15 is 0 Å². The van der Waals surface area contributed by atoms with Crippen molar-refractivity contribution in [3.8, 4) is 0 Å². The molecule has 3 aromatic heterocycles. The van der Waals surface area contributed by atoms with E-state index in [1.54, 1.807) is 17.3 Å². The molecule has 0 aliphatic heterocycles. The normalized spacial score (nSPS) is 13.6. The highest BCUT2D eigenvalue weighted by Crippen LogP contribution is 2.30. The SMILES string of the molecule is CCCn1c(=O)[nH]c(=O)c2cc(C(=O)N(Cc3cccnc3)C3CC3)cnc21. The van der Waals surface area contributed by atoms with Crippen LogP contribution in [0.1, 0.15) is 42.1 Å². The van der Waals surface area contributed by atoms with Crippen LogP contribution >= 0.6 is 0 Å². The van der Waals surface area contributed by atoms with Crippen LogP contribution in [0.2, 0.25) is 0 Å². The number of hydrogen-bond acceptors (Lipinski definition) is 5. The number of carbonyl (C=O) groups is 1. The lowest BCUT2D eigenvalue weighted by atomic mass is 10.2. The van der Waals surface area contributed by atoms with E-state index in [0.29, 0.717) is 24.3 Å². The molecule has 3 heterocycles. The van der Waals surface area contributed by atoms with Crippen LogP contribution in [0.4, 0.5) is 0 Å². The van der Waals surface area contributed by atoms with Gasteiger partial charge in [0.15, 0.2) is 0 Å². The molecule has 1 aliphatic rings. The van der Waals surface area contributed by atoms with Crippen LogP contribution in [0.3, 0.4) is 0 Å². The fourth-order valence-electron chi connectivity index (χ4n) is 3.32. The number of nitrogens with zero attached hydrogens (tertiary/aromatic N) is 4. The molecule has 8 heteroatoms. The first-order chi connectivity index (χ1) is 13.6. The highest BCUT2D eigenvalue weighted by Gasteiger charge is 2.33. The Morgan fingerprint density at radius 2 is 2.14 bits per heavy atom. The summed E-state index contributed by atoms with van der Waals surface area (Å²) in [6, 6.07) is 5.50. The highest BCUT2D eigenvalue weighted by atomic mass is 16.2. The molecule has 0 atom stereocenters. The van der Waals surface area contributed by atoms with Crippen LogP contribution in [0, 0.1) is 0 Å². The fraction of sp³-hybridized carbons (Fsp3) is 0.350. The quantitative estimate of drug-likeness (QED) is 0.702. The molecule has 0 unspecified atom stereocenters. The number of aromatic nitrogens is 4. The first-order valence-electron chi connectivity index (χ1n) is 9.41. The summed E-state index contributed by atoms with van der Waals surface area (Å²) >= 11 is 0. The minimum atomic E-state index is -0.528. The molecule has 4 rings (SSSR count). The first kappa shape index (κ1) is 18.1. The van der Waals surface area contributed by atoms with Crippen molar-refractivity contribution in [3.63, 3.8) is 0 Å². The maximum absolute atomic E-state index is 13.1. The van der Waals surface area contributed by atoms with Gasteiger partial charge in [0.05, 0.1) is 10.9 Å². The van der Waals surface area contributed by atoms with Crippen LogP contribution < -0.4 is 11.2 Å². The Labute approximate surface area is 160 Å². The predicted octanol–water partition coefficient (Wildman–Crippen LogP) is 1.69. The van der Waals surface area contributed by atoms with Crippen molar-refractivity contribution in [1.29, 1.82) is 0 Å². The number of H-pyrrole nitrogens is 1. The number of amides is 1. The van der Waals surface area contributed by atoms with E-state index in [-0.39, 0.29) is 17.3 Å². The third kappa shape index (κ3) is 3.45. The van der Waals surface area contributed by atoms with Crippen molar-refractivity contribution in [2.45, 2.75) is 45.3 Å². The summed E-state index contributed by atoms with van der Waals surface area (Å²) in [6.07, 6.45) is 7.54. The number of rotatable bonds is 6. The highest BCUT2D eigenvalue weighted by molar-refractivity contribution is 5.97. The zero-order valence-corrected chi connectivity index (χ0v) is 15.6. The molecule has 0 saturated heterocycles. The van der Waals surface area contributed by atoms with Gasteiger partial charge in [-0.2, -0.15) is 0 Å². The summed E-state index contributed by atoms with van der Waals surface area (Å²) in [5.41, 5.74) is 0.584. The summed E-state index contributed by atoms with van der Waals surface area (Å²) in [7, 11) is 0. The molecular weight excluding hydrogens is 358 g/mol. The fourth-order valence-corrected chi connectivity index (χ4v) is 3.32. The van der Waals surface area contributed by atoms with Gasteiger partial charge in [-0.15, -0.1) is 0 Å². The summed E-state index contributed by atoms with van der Waals surface area (Å²) in [5, 5.41) is 0.246. The third-order valence-corrected chi connectivity index (χ3v) is 4.85. The Hall–Kier alpha value is -3.29. The van der Waals surface area contributed by atoms with Crippen LogP contribution in [0.25, 0.3) is 11.0 Å². The molecule has 0 spiro atoms. The Bertz CT molecular complexity index is 1130. The number of aryl methyl sites for hydroxylation is 1. The zero-order valence-electron chi connectivity index (χ0n) is 15.6. The van der Waals surface area contributed by atoms with Crippen molar-refractivity contribution in [3.05, 3.63) is 68.8 Å². The minimum absolute atomic E-state index is 0.173. The molecule has 1 aliphatic carbocycles. The van der Waals surface area contributed by atoms with Crippen LogP contribution in [0.15, 0.2) is 46.4 Å². The van der Waals surface area contributed by atoms with Gasteiger partial charge >= 0.3 is 5.69 Å². The largest absolute Gasteiger partial charge is 0.331 e. The monoisotopic (exact) mass is 379 g/mol. The van der Waals surface area contributed by atoms with Crippen molar-refractivity contribution in [1.82, 2.24) is 24.4 Å². The molecule has 0 bridgehead atoms. The average molecular weight is 379 g/mol.